The molecule has 0 amide bonds. The van der Waals surface area contributed by atoms with Crippen LogP contribution in [0, 0.1) is 35.5 Å². The summed E-state index contributed by atoms with van der Waals surface area (Å²) in [6.07, 6.45) is 0.550. The first kappa shape index (κ1) is 56.6. The molecule has 2 rings (SSSR count). The van der Waals surface area contributed by atoms with Crippen molar-refractivity contribution < 1.29 is 102 Å². The molecule has 0 radical (unpaired) electrons. The van der Waals surface area contributed by atoms with E-state index in [0.29, 0.717) is 5.57 Å². The van der Waals surface area contributed by atoms with Crippen LogP contribution in [-0.4, -0.2) is 133 Å². The molecule has 63 heavy (non-hydrogen) atoms. The third-order valence-corrected chi connectivity index (χ3v) is 9.02. The number of esters is 7. The summed E-state index contributed by atoms with van der Waals surface area (Å²) in [6, 6.07) is 0. The van der Waals surface area contributed by atoms with Crippen LogP contribution in [0.3, 0.4) is 0 Å². The van der Waals surface area contributed by atoms with E-state index < -0.39 is 95.2 Å². The van der Waals surface area contributed by atoms with Gasteiger partial charge < -0.3 is 53.6 Å². The molecule has 352 valence electrons. The lowest BCUT2D eigenvalue weighted by atomic mass is 9.74. The van der Waals surface area contributed by atoms with Crippen LogP contribution in [0.2, 0.25) is 0 Å². The summed E-state index contributed by atoms with van der Waals surface area (Å²) in [6.45, 7) is 18.3. The van der Waals surface area contributed by atoms with Gasteiger partial charge in [0.05, 0.1) is 42.1 Å². The zero-order valence-electron chi connectivity index (χ0n) is 35.9. The second-order valence-electron chi connectivity index (χ2n) is 14.4. The average molecular weight is 899 g/mol. The van der Waals surface area contributed by atoms with Crippen LogP contribution in [0.4, 0.5) is 0 Å². The number of carboxylic acids is 3. The topological polar surface area (TPSA) is 316 Å². The Hall–Kier alpha value is -6.38. The molecule has 0 aromatic heterocycles. The molecule has 0 aromatic rings. The summed E-state index contributed by atoms with van der Waals surface area (Å²) in [5.41, 5.74) is 0.929. The highest BCUT2D eigenvalue weighted by atomic mass is 16.6. The van der Waals surface area contributed by atoms with Crippen molar-refractivity contribution in [1.29, 1.82) is 0 Å². The largest absolute Gasteiger partial charge is 0.481 e. The zero-order valence-corrected chi connectivity index (χ0v) is 35.9. The molecule has 2 aliphatic rings. The molecule has 0 saturated heterocycles. The van der Waals surface area contributed by atoms with Crippen LogP contribution in [0.25, 0.3) is 0 Å². The second-order valence-corrected chi connectivity index (χ2v) is 14.4. The number of hydrogen-bond donors (Lipinski definition) is 4. The molecule has 0 heterocycles. The first-order chi connectivity index (χ1) is 29.5. The lowest BCUT2D eigenvalue weighted by Crippen LogP contribution is -2.40. The molecule has 6 atom stereocenters. The number of carbonyl (C=O) groups is 10. The lowest BCUT2D eigenvalue weighted by molar-refractivity contribution is -0.169. The number of ether oxygens (including phenoxy) is 7. The van der Waals surface area contributed by atoms with E-state index in [1.165, 1.54) is 20.8 Å². The average Bonchev–Trinajstić information content (AvgIpc) is 3.23. The van der Waals surface area contributed by atoms with Gasteiger partial charge in [-0.1, -0.05) is 26.3 Å². The number of hydrogen-bond acceptors (Lipinski definition) is 18. The maximum absolute atomic E-state index is 12.9. The van der Waals surface area contributed by atoms with Gasteiger partial charge in [-0.05, 0) is 66.2 Å². The van der Waals surface area contributed by atoms with E-state index in [2.05, 4.69) is 31.1 Å². The molecule has 4 N–H and O–H groups in total. The van der Waals surface area contributed by atoms with Gasteiger partial charge in [-0.2, -0.15) is 0 Å². The maximum Gasteiger partial charge on any atom is 0.333 e. The van der Waals surface area contributed by atoms with Crippen molar-refractivity contribution >= 4 is 59.7 Å². The number of rotatable bonds is 21. The van der Waals surface area contributed by atoms with E-state index >= 15 is 0 Å². The first-order valence-corrected chi connectivity index (χ1v) is 19.6. The SMILES string of the molecule is C=C(C)C(=O)OCCO.C=C(C)C(=O)OCCOC(=O)C1CCC(C(=O)OCCOC(=O)C(=C)C)C(C(=O)OCCOC(=O)C(=C)C)C1.O=C(O)C1CCC(C(=O)O)C(C(=O)O)C1. The van der Waals surface area contributed by atoms with Gasteiger partial charge in [0.25, 0.3) is 0 Å². The molecule has 0 aromatic carbocycles. The maximum atomic E-state index is 12.9. The van der Waals surface area contributed by atoms with Crippen molar-refractivity contribution in [3.8, 4) is 0 Å². The predicted octanol–water partition coefficient (Wildman–Crippen LogP) is 2.38. The Kier molecular flexibility index (Phi) is 26.8. The van der Waals surface area contributed by atoms with Gasteiger partial charge in [0.15, 0.2) is 0 Å². The highest BCUT2D eigenvalue weighted by molar-refractivity contribution is 5.88. The number of carboxylic acid groups (broad SMARTS) is 3. The quantitative estimate of drug-likeness (QED) is 0.0556. The standard InChI is InChI=1S/C27H36O12.C9H12O6.C6H10O3/c1-16(2)22(28)34-9-12-37-25(31)19-7-8-20(26(32)38-13-10-35-23(29)17(3)4)21(15-19)27(33)39-14-11-36-24(30)18(5)6;10-7(11)4-1-2-5(8(12)13)6(3-4)9(14)15;1-5(2)6(8)9-4-3-7/h19-21H,1,3,5,7-15H2,2,4,6H3;4-6H,1-3H2,(H,10,11)(H,12,13)(H,14,15);7H,1,3-4H2,2H3. The predicted molar refractivity (Wildman–Crippen MR) is 215 cm³/mol. The minimum atomic E-state index is -1.23. The summed E-state index contributed by atoms with van der Waals surface area (Å²) in [5.74, 6) is -13.4. The minimum absolute atomic E-state index is 0.0473. The number of aliphatic carboxylic acids is 3. The van der Waals surface area contributed by atoms with Gasteiger partial charge in [0, 0.05) is 22.3 Å². The van der Waals surface area contributed by atoms with Gasteiger partial charge >= 0.3 is 59.7 Å². The monoisotopic (exact) mass is 898 g/mol. The van der Waals surface area contributed by atoms with Gasteiger partial charge in [0.1, 0.15) is 46.2 Å². The van der Waals surface area contributed by atoms with Gasteiger partial charge in [-0.25, -0.2) is 19.2 Å². The van der Waals surface area contributed by atoms with Crippen molar-refractivity contribution in [3.63, 3.8) is 0 Å². The molecule has 0 aliphatic heterocycles. The molecular weight excluding hydrogens is 840 g/mol. The van der Waals surface area contributed by atoms with Crippen molar-refractivity contribution in [2.75, 3.05) is 52.9 Å². The van der Waals surface area contributed by atoms with Crippen LogP contribution in [0.1, 0.15) is 66.2 Å². The number of aliphatic hydroxyl groups excluding tert-OH is 1. The summed E-state index contributed by atoms with van der Waals surface area (Å²) in [5, 5.41) is 34.5. The molecule has 6 unspecified atom stereocenters. The fourth-order valence-corrected chi connectivity index (χ4v) is 5.68. The van der Waals surface area contributed by atoms with E-state index in [9.17, 15) is 47.9 Å². The summed E-state index contributed by atoms with van der Waals surface area (Å²) in [7, 11) is 0. The lowest BCUT2D eigenvalue weighted by Gasteiger charge is -2.32. The Morgan fingerprint density at radius 1 is 0.397 bits per heavy atom. The van der Waals surface area contributed by atoms with Gasteiger partial charge in [0.2, 0.25) is 0 Å². The molecule has 2 saturated carbocycles. The second kappa shape index (κ2) is 29.8. The fourth-order valence-electron chi connectivity index (χ4n) is 5.68. The van der Waals surface area contributed by atoms with Crippen LogP contribution < -0.4 is 0 Å². The molecule has 21 nitrogen and oxygen atoms in total. The van der Waals surface area contributed by atoms with E-state index in [1.807, 2.05) is 0 Å². The van der Waals surface area contributed by atoms with Crippen LogP contribution in [0.5, 0.6) is 0 Å². The third-order valence-electron chi connectivity index (χ3n) is 9.02. The van der Waals surface area contributed by atoms with Crippen molar-refractivity contribution in [1.82, 2.24) is 0 Å². The first-order valence-electron chi connectivity index (χ1n) is 19.6. The van der Waals surface area contributed by atoms with Gasteiger partial charge in [-0.15, -0.1) is 0 Å². The molecule has 2 aliphatic carbocycles. The Balaban J connectivity index is 0.00000129. The highest BCUT2D eigenvalue weighted by Gasteiger charge is 2.44. The smallest absolute Gasteiger partial charge is 0.333 e. The van der Waals surface area contributed by atoms with Gasteiger partial charge in [-0.3, -0.25) is 28.8 Å². The van der Waals surface area contributed by atoms with Crippen molar-refractivity contribution in [2.45, 2.75) is 66.2 Å². The van der Waals surface area contributed by atoms with E-state index in [1.54, 1.807) is 6.92 Å². The Morgan fingerprint density at radius 2 is 0.714 bits per heavy atom. The molecule has 0 bridgehead atoms. The summed E-state index contributed by atoms with van der Waals surface area (Å²) >= 11 is 0. The Bertz CT molecular complexity index is 1710. The number of carbonyl (C=O) groups excluding carboxylic acids is 7. The van der Waals surface area contributed by atoms with E-state index in [4.69, 9.17) is 48.8 Å². The molecular formula is C42H58O21. The molecule has 2 fully saturated rings. The summed E-state index contributed by atoms with van der Waals surface area (Å²) < 4.78 is 34.7. The Morgan fingerprint density at radius 3 is 1.08 bits per heavy atom. The van der Waals surface area contributed by atoms with Crippen LogP contribution in [-0.2, 0) is 81.1 Å². The normalized spacial score (nSPS) is 19.8. The molecule has 0 spiro atoms. The highest BCUT2D eigenvalue weighted by Crippen LogP contribution is 2.37. The van der Waals surface area contributed by atoms with Crippen LogP contribution >= 0.6 is 0 Å². The third kappa shape index (κ3) is 22.3. The summed E-state index contributed by atoms with van der Waals surface area (Å²) in [4.78, 5) is 115. The minimum Gasteiger partial charge on any atom is -0.481 e. The van der Waals surface area contributed by atoms with Crippen LogP contribution in [0.15, 0.2) is 48.6 Å². The zero-order chi connectivity index (χ0) is 48.4. The number of aliphatic hydroxyl groups is 1. The van der Waals surface area contributed by atoms with Crippen molar-refractivity contribution in [2.24, 2.45) is 35.5 Å². The Labute approximate surface area is 364 Å². The van der Waals surface area contributed by atoms with E-state index in [-0.39, 0.29) is 108 Å². The van der Waals surface area contributed by atoms with E-state index in [0.717, 1.165) is 0 Å². The van der Waals surface area contributed by atoms with Crippen molar-refractivity contribution in [3.05, 3.63) is 48.6 Å². The molecule has 21 heteroatoms. The fraction of sp³-hybridized carbons (Fsp3) is 0.571.